The number of nitriles is 1. The number of methoxy groups -OCH3 is 1. The van der Waals surface area contributed by atoms with Crippen LogP contribution in [0.3, 0.4) is 0 Å². The maximum Gasteiger partial charge on any atom is 0.416 e. The van der Waals surface area contributed by atoms with Gasteiger partial charge in [0.2, 0.25) is 5.56 Å². The molecule has 0 saturated heterocycles. The third-order valence-electron chi connectivity index (χ3n) is 2.79. The number of hydrogen-bond acceptors (Lipinski definition) is 3. The molecule has 108 valence electrons. The molecule has 2 rings (SSSR count). The number of pyridine rings is 1. The maximum atomic E-state index is 12.8. The van der Waals surface area contributed by atoms with Crippen molar-refractivity contribution in [3.8, 4) is 23.1 Å². The largest absolute Gasteiger partial charge is 0.496 e. The molecule has 0 aliphatic heterocycles. The first-order chi connectivity index (χ1) is 9.85. The van der Waals surface area contributed by atoms with Crippen LogP contribution in [0, 0.1) is 11.3 Å². The number of halogens is 3. The minimum absolute atomic E-state index is 0.0659. The summed E-state index contributed by atoms with van der Waals surface area (Å²) in [6, 6.07) is 7.43. The third-order valence-corrected chi connectivity index (χ3v) is 2.79. The van der Waals surface area contributed by atoms with E-state index in [-0.39, 0.29) is 22.6 Å². The summed E-state index contributed by atoms with van der Waals surface area (Å²) >= 11 is 0. The fourth-order valence-corrected chi connectivity index (χ4v) is 1.84. The highest BCUT2D eigenvalue weighted by molar-refractivity contribution is 5.69. The van der Waals surface area contributed by atoms with Gasteiger partial charge in [0.25, 0.3) is 0 Å². The van der Waals surface area contributed by atoms with Crippen LogP contribution >= 0.6 is 0 Å². The Bertz CT molecular complexity index is 773. The molecule has 0 spiro atoms. The fourth-order valence-electron chi connectivity index (χ4n) is 1.84. The Balaban J connectivity index is 2.70. The van der Waals surface area contributed by atoms with Crippen molar-refractivity contribution < 1.29 is 17.9 Å². The lowest BCUT2D eigenvalue weighted by atomic mass is 10.0. The van der Waals surface area contributed by atoms with Crippen molar-refractivity contribution in [3.63, 3.8) is 0 Å². The summed E-state index contributed by atoms with van der Waals surface area (Å²) in [6.45, 7) is 0. The van der Waals surface area contributed by atoms with Crippen molar-refractivity contribution in [2.75, 3.05) is 7.11 Å². The summed E-state index contributed by atoms with van der Waals surface area (Å²) in [7, 11) is 1.34. The van der Waals surface area contributed by atoms with Crippen LogP contribution in [0.15, 0.2) is 35.1 Å². The Kier molecular flexibility index (Phi) is 3.72. The third kappa shape index (κ3) is 3.05. The quantitative estimate of drug-likeness (QED) is 0.926. The van der Waals surface area contributed by atoms with Crippen molar-refractivity contribution in [1.29, 1.82) is 5.26 Å². The summed E-state index contributed by atoms with van der Waals surface area (Å²) in [4.78, 5) is 13.7. The predicted octanol–water partition coefficient (Wildman–Crippen LogP) is 2.94. The first-order valence-corrected chi connectivity index (χ1v) is 5.75. The van der Waals surface area contributed by atoms with Crippen molar-refractivity contribution in [1.82, 2.24) is 4.98 Å². The zero-order valence-corrected chi connectivity index (χ0v) is 10.8. The van der Waals surface area contributed by atoms with Crippen LogP contribution in [0.2, 0.25) is 0 Å². The topological polar surface area (TPSA) is 65.9 Å². The van der Waals surface area contributed by atoms with Crippen LogP contribution < -0.4 is 10.3 Å². The van der Waals surface area contributed by atoms with Crippen LogP contribution in [0.4, 0.5) is 13.2 Å². The molecule has 1 heterocycles. The standard InChI is InChI=1S/C14H9F3N2O2/c1-21-12-3-2-8(7-18)4-10(12)11-5-9(14(15,16)17)6-13(20)19-11/h2-6H,1H3,(H,19,20). The normalized spacial score (nSPS) is 11.0. The first-order valence-electron chi connectivity index (χ1n) is 5.75. The second-order valence-corrected chi connectivity index (χ2v) is 4.17. The molecule has 1 N–H and O–H groups in total. The monoisotopic (exact) mass is 294 g/mol. The van der Waals surface area contributed by atoms with E-state index in [4.69, 9.17) is 10.00 Å². The lowest BCUT2D eigenvalue weighted by Crippen LogP contribution is -2.14. The van der Waals surface area contributed by atoms with Crippen LogP contribution in [-0.2, 0) is 6.18 Å². The van der Waals surface area contributed by atoms with Crippen LogP contribution in [0.1, 0.15) is 11.1 Å². The van der Waals surface area contributed by atoms with Gasteiger partial charge in [-0.25, -0.2) is 0 Å². The van der Waals surface area contributed by atoms with Gasteiger partial charge in [-0.2, -0.15) is 18.4 Å². The average molecular weight is 294 g/mol. The number of alkyl halides is 3. The number of ether oxygens (including phenoxy) is 1. The molecule has 2 aromatic rings. The number of aromatic nitrogens is 1. The molecule has 0 saturated carbocycles. The number of hydrogen-bond donors (Lipinski definition) is 1. The van der Waals surface area contributed by atoms with E-state index >= 15 is 0 Å². The molecule has 0 radical (unpaired) electrons. The van der Waals surface area contributed by atoms with E-state index in [0.29, 0.717) is 6.07 Å². The summed E-state index contributed by atoms with van der Waals surface area (Å²) < 4.78 is 43.3. The van der Waals surface area contributed by atoms with Crippen molar-refractivity contribution in [3.05, 3.63) is 51.8 Å². The highest BCUT2D eigenvalue weighted by Crippen LogP contribution is 2.33. The Morgan fingerprint density at radius 1 is 1.24 bits per heavy atom. The number of rotatable bonds is 2. The van der Waals surface area contributed by atoms with Gasteiger partial charge in [0.15, 0.2) is 0 Å². The Morgan fingerprint density at radius 3 is 2.52 bits per heavy atom. The number of nitrogens with one attached hydrogen (secondary N) is 1. The number of nitrogens with zero attached hydrogens (tertiary/aromatic N) is 1. The minimum Gasteiger partial charge on any atom is -0.496 e. The lowest BCUT2D eigenvalue weighted by Gasteiger charge is -2.11. The molecule has 0 aliphatic rings. The van der Waals surface area contributed by atoms with Crippen molar-refractivity contribution in [2.24, 2.45) is 0 Å². The number of H-pyrrole nitrogens is 1. The van der Waals surface area contributed by atoms with Gasteiger partial charge in [-0.1, -0.05) is 0 Å². The van der Waals surface area contributed by atoms with Gasteiger partial charge in [-0.3, -0.25) is 4.79 Å². The van der Waals surface area contributed by atoms with Crippen LogP contribution in [0.25, 0.3) is 11.3 Å². The SMILES string of the molecule is COc1ccc(C#N)cc1-c1cc(C(F)(F)F)cc(=O)[nH]1. The van der Waals surface area contributed by atoms with Gasteiger partial charge in [-0.15, -0.1) is 0 Å². The molecular weight excluding hydrogens is 285 g/mol. The van der Waals surface area contributed by atoms with E-state index in [0.717, 1.165) is 6.07 Å². The minimum atomic E-state index is -4.64. The van der Waals surface area contributed by atoms with E-state index in [1.54, 1.807) is 0 Å². The van der Waals surface area contributed by atoms with E-state index in [1.807, 2.05) is 6.07 Å². The molecule has 0 unspecified atom stereocenters. The molecule has 0 aliphatic carbocycles. The zero-order chi connectivity index (χ0) is 15.6. The van der Waals surface area contributed by atoms with E-state index in [2.05, 4.69) is 4.98 Å². The second-order valence-electron chi connectivity index (χ2n) is 4.17. The smallest absolute Gasteiger partial charge is 0.416 e. The van der Waals surface area contributed by atoms with Crippen LogP contribution in [0.5, 0.6) is 5.75 Å². The summed E-state index contributed by atoms with van der Waals surface area (Å²) in [5.41, 5.74) is -1.57. The number of benzene rings is 1. The van der Waals surface area contributed by atoms with E-state index in [9.17, 15) is 18.0 Å². The zero-order valence-electron chi connectivity index (χ0n) is 10.8. The Morgan fingerprint density at radius 2 is 1.95 bits per heavy atom. The molecule has 1 aromatic heterocycles. The number of aromatic amines is 1. The van der Waals surface area contributed by atoms with E-state index in [1.165, 1.54) is 25.3 Å². The first kappa shape index (κ1) is 14.7. The molecule has 0 atom stereocenters. The van der Waals surface area contributed by atoms with Gasteiger partial charge in [-0.05, 0) is 24.3 Å². The molecule has 21 heavy (non-hydrogen) atoms. The highest BCUT2D eigenvalue weighted by atomic mass is 19.4. The summed E-state index contributed by atoms with van der Waals surface area (Å²) in [5, 5.41) is 8.87. The lowest BCUT2D eigenvalue weighted by molar-refractivity contribution is -0.137. The molecular formula is C14H9F3N2O2. The summed E-state index contributed by atoms with van der Waals surface area (Å²) in [6.07, 6.45) is -4.64. The molecule has 0 amide bonds. The van der Waals surface area contributed by atoms with Gasteiger partial charge >= 0.3 is 6.18 Å². The second kappa shape index (κ2) is 5.32. The Labute approximate surface area is 117 Å². The van der Waals surface area contributed by atoms with Gasteiger partial charge < -0.3 is 9.72 Å². The van der Waals surface area contributed by atoms with Crippen molar-refractivity contribution in [2.45, 2.75) is 6.18 Å². The van der Waals surface area contributed by atoms with Crippen LogP contribution in [-0.4, -0.2) is 12.1 Å². The average Bonchev–Trinajstić information content (AvgIpc) is 2.45. The molecule has 0 bridgehead atoms. The molecule has 1 aromatic carbocycles. The van der Waals surface area contributed by atoms with E-state index < -0.39 is 17.3 Å². The Hall–Kier alpha value is -2.75. The predicted molar refractivity (Wildman–Crippen MR) is 68.8 cm³/mol. The summed E-state index contributed by atoms with van der Waals surface area (Å²) in [5.74, 6) is 0.254. The molecule has 0 fully saturated rings. The van der Waals surface area contributed by atoms with Gasteiger partial charge in [0, 0.05) is 11.6 Å². The maximum absolute atomic E-state index is 12.8. The van der Waals surface area contributed by atoms with Gasteiger partial charge in [0.05, 0.1) is 30.0 Å². The molecule has 7 heteroatoms. The highest BCUT2D eigenvalue weighted by Gasteiger charge is 2.31. The fraction of sp³-hybridized carbons (Fsp3) is 0.143. The van der Waals surface area contributed by atoms with Crippen molar-refractivity contribution >= 4 is 0 Å². The van der Waals surface area contributed by atoms with Gasteiger partial charge in [0.1, 0.15) is 5.75 Å². The molecule has 4 nitrogen and oxygen atoms in total.